The molecule has 1 aliphatic carbocycles. The SMILES string of the molecule is CC(NC(CCc1ccccc1)C(=O)O)C(=O)N1C(C(=O)OC2OC(C(=O)O)C(O)C(O)C2O)CC2CCCC21. The molecule has 1 amide bonds. The average Bonchev–Trinajstić information content (AvgIpc) is 3.52. The minimum Gasteiger partial charge on any atom is -0.480 e. The fourth-order valence-electron chi connectivity index (χ4n) is 5.99. The minimum absolute atomic E-state index is 0.0124. The third-order valence-electron chi connectivity index (χ3n) is 8.09. The third-order valence-corrected chi connectivity index (χ3v) is 8.09. The quantitative estimate of drug-likeness (QED) is 0.195. The van der Waals surface area contributed by atoms with E-state index in [0.717, 1.165) is 18.4 Å². The van der Waals surface area contributed by atoms with Gasteiger partial charge in [0, 0.05) is 6.04 Å². The van der Waals surface area contributed by atoms with Gasteiger partial charge in [-0.3, -0.25) is 14.9 Å². The van der Waals surface area contributed by atoms with E-state index in [4.69, 9.17) is 9.47 Å². The molecular weight excluding hydrogens is 528 g/mol. The predicted molar refractivity (Wildman–Crippen MR) is 136 cm³/mol. The zero-order chi connectivity index (χ0) is 29.1. The molecule has 10 atom stereocenters. The second-order valence-corrected chi connectivity index (χ2v) is 10.7. The summed E-state index contributed by atoms with van der Waals surface area (Å²) in [4.78, 5) is 51.7. The van der Waals surface area contributed by atoms with Crippen LogP contribution in [0.4, 0.5) is 0 Å². The molecule has 0 aromatic heterocycles. The number of aliphatic hydroxyl groups is 3. The number of amides is 1. The Labute approximate surface area is 230 Å². The van der Waals surface area contributed by atoms with E-state index in [2.05, 4.69) is 5.32 Å². The Hall–Kier alpha value is -3.10. The molecule has 2 heterocycles. The van der Waals surface area contributed by atoms with Crippen molar-refractivity contribution in [3.05, 3.63) is 35.9 Å². The number of aliphatic hydroxyl groups excluding tert-OH is 3. The number of carbonyl (C=O) groups is 4. The highest BCUT2D eigenvalue weighted by Crippen LogP contribution is 2.42. The number of carboxylic acids is 2. The van der Waals surface area contributed by atoms with Crippen LogP contribution >= 0.6 is 0 Å². The number of esters is 1. The van der Waals surface area contributed by atoms with Crippen LogP contribution < -0.4 is 5.32 Å². The molecule has 220 valence electrons. The molecule has 1 saturated carbocycles. The highest BCUT2D eigenvalue weighted by Gasteiger charge is 2.53. The summed E-state index contributed by atoms with van der Waals surface area (Å²) in [6.07, 6.45) is -6.34. The van der Waals surface area contributed by atoms with Gasteiger partial charge < -0.3 is 39.9 Å². The summed E-state index contributed by atoms with van der Waals surface area (Å²) in [5, 5.41) is 52.1. The zero-order valence-corrected chi connectivity index (χ0v) is 22.0. The second-order valence-electron chi connectivity index (χ2n) is 10.7. The lowest BCUT2D eigenvalue weighted by atomic mass is 9.99. The van der Waals surface area contributed by atoms with Crippen molar-refractivity contribution in [2.75, 3.05) is 0 Å². The Balaban J connectivity index is 1.45. The number of benzene rings is 1. The van der Waals surface area contributed by atoms with Crippen molar-refractivity contribution in [1.82, 2.24) is 10.2 Å². The summed E-state index contributed by atoms with van der Waals surface area (Å²) in [6, 6.07) is 6.05. The van der Waals surface area contributed by atoms with Gasteiger partial charge in [-0.25, -0.2) is 9.59 Å². The molecule has 1 aromatic carbocycles. The number of fused-ring (bicyclic) bond motifs is 1. The summed E-state index contributed by atoms with van der Waals surface area (Å²) in [5.74, 6) is -4.15. The maximum absolute atomic E-state index is 13.7. The molecule has 3 fully saturated rings. The van der Waals surface area contributed by atoms with E-state index in [0.29, 0.717) is 12.8 Å². The molecule has 13 nitrogen and oxygen atoms in total. The van der Waals surface area contributed by atoms with Gasteiger partial charge in [-0.15, -0.1) is 0 Å². The highest BCUT2D eigenvalue weighted by molar-refractivity contribution is 5.89. The predicted octanol–water partition coefficient (Wildman–Crippen LogP) is -0.744. The van der Waals surface area contributed by atoms with Crippen LogP contribution in [0.15, 0.2) is 30.3 Å². The van der Waals surface area contributed by atoms with Gasteiger partial charge in [0.15, 0.2) is 6.10 Å². The van der Waals surface area contributed by atoms with Gasteiger partial charge in [0.05, 0.1) is 6.04 Å². The topological polar surface area (TPSA) is 203 Å². The number of ether oxygens (including phenoxy) is 2. The van der Waals surface area contributed by atoms with E-state index >= 15 is 0 Å². The summed E-state index contributed by atoms with van der Waals surface area (Å²) in [5.41, 5.74) is 0.959. The van der Waals surface area contributed by atoms with Gasteiger partial charge in [0.25, 0.3) is 0 Å². The first-order valence-electron chi connectivity index (χ1n) is 13.5. The summed E-state index contributed by atoms with van der Waals surface area (Å²) >= 11 is 0. The number of carboxylic acid groups (broad SMARTS) is 2. The van der Waals surface area contributed by atoms with E-state index in [1.54, 1.807) is 0 Å². The molecule has 1 aromatic rings. The lowest BCUT2D eigenvalue weighted by molar-refractivity contribution is -0.287. The summed E-state index contributed by atoms with van der Waals surface area (Å²) in [6.45, 7) is 1.54. The number of likely N-dealkylation sites (tertiary alicyclic amines) is 1. The molecule has 0 spiro atoms. The standard InChI is InChI=1S/C27H36N2O11/c1-13(28-16(24(34)35)11-10-14-6-3-2-4-7-14)23(33)29-17-9-5-8-15(17)12-18(29)26(38)40-27-21(32)19(30)20(31)22(39-27)25(36)37/h2-4,6-7,13,15-22,27-28,30-32H,5,8-12H2,1H3,(H,34,35)(H,36,37). The van der Waals surface area contributed by atoms with Crippen LogP contribution in [0, 0.1) is 5.92 Å². The van der Waals surface area contributed by atoms with E-state index in [1.165, 1.54) is 11.8 Å². The van der Waals surface area contributed by atoms with Gasteiger partial charge in [-0.1, -0.05) is 36.8 Å². The number of hydrogen-bond acceptors (Lipinski definition) is 10. The molecule has 2 saturated heterocycles. The van der Waals surface area contributed by atoms with Crippen molar-refractivity contribution in [3.63, 3.8) is 0 Å². The number of nitrogens with zero attached hydrogens (tertiary/aromatic N) is 1. The maximum atomic E-state index is 13.7. The Kier molecular flexibility index (Phi) is 9.41. The Morgan fingerprint density at radius 2 is 1.75 bits per heavy atom. The Morgan fingerprint density at radius 1 is 1.05 bits per heavy atom. The average molecular weight is 565 g/mol. The van der Waals surface area contributed by atoms with Gasteiger partial charge >= 0.3 is 17.9 Å². The van der Waals surface area contributed by atoms with Gasteiger partial charge in [0.2, 0.25) is 12.2 Å². The molecule has 13 heteroatoms. The van der Waals surface area contributed by atoms with E-state index in [-0.39, 0.29) is 24.8 Å². The zero-order valence-electron chi connectivity index (χ0n) is 22.0. The molecule has 3 aliphatic rings. The number of nitrogens with one attached hydrogen (secondary N) is 1. The number of aliphatic carboxylic acids is 2. The lowest BCUT2D eigenvalue weighted by Gasteiger charge is -2.39. The van der Waals surface area contributed by atoms with Crippen molar-refractivity contribution < 1.29 is 54.2 Å². The maximum Gasteiger partial charge on any atom is 0.335 e. The van der Waals surface area contributed by atoms with Gasteiger partial charge in [0.1, 0.15) is 30.4 Å². The fourth-order valence-corrected chi connectivity index (χ4v) is 5.99. The monoisotopic (exact) mass is 564 g/mol. The molecule has 4 rings (SSSR count). The van der Waals surface area contributed by atoms with E-state index < -0.39 is 72.6 Å². The van der Waals surface area contributed by atoms with Crippen molar-refractivity contribution in [3.8, 4) is 0 Å². The van der Waals surface area contributed by atoms with Crippen LogP contribution in [0.25, 0.3) is 0 Å². The highest BCUT2D eigenvalue weighted by atomic mass is 16.7. The van der Waals surface area contributed by atoms with Crippen LogP contribution in [0.3, 0.4) is 0 Å². The molecule has 40 heavy (non-hydrogen) atoms. The van der Waals surface area contributed by atoms with Crippen molar-refractivity contribution in [2.45, 2.75) is 100 Å². The van der Waals surface area contributed by atoms with Crippen molar-refractivity contribution in [1.29, 1.82) is 0 Å². The first-order valence-corrected chi connectivity index (χ1v) is 13.5. The molecule has 0 radical (unpaired) electrons. The third kappa shape index (κ3) is 6.28. The normalized spacial score (nSPS) is 33.1. The molecular formula is C27H36N2O11. The van der Waals surface area contributed by atoms with Crippen LogP contribution in [0.5, 0.6) is 0 Å². The van der Waals surface area contributed by atoms with Crippen molar-refractivity contribution >= 4 is 23.8 Å². The Morgan fingerprint density at radius 3 is 2.40 bits per heavy atom. The Bertz CT molecular complexity index is 1090. The number of rotatable bonds is 10. The van der Waals surface area contributed by atoms with Crippen LogP contribution in [-0.2, 0) is 35.1 Å². The van der Waals surface area contributed by atoms with Crippen LogP contribution in [0.2, 0.25) is 0 Å². The largest absolute Gasteiger partial charge is 0.480 e. The lowest BCUT2D eigenvalue weighted by Crippen LogP contribution is -2.61. The second kappa shape index (κ2) is 12.6. The molecule has 0 bridgehead atoms. The fraction of sp³-hybridized carbons (Fsp3) is 0.630. The first kappa shape index (κ1) is 29.9. The van der Waals surface area contributed by atoms with Gasteiger partial charge in [-0.2, -0.15) is 0 Å². The number of aryl methyl sites for hydroxylation is 1. The van der Waals surface area contributed by atoms with Crippen LogP contribution in [0.1, 0.15) is 44.6 Å². The summed E-state index contributed by atoms with van der Waals surface area (Å²) < 4.78 is 10.3. The van der Waals surface area contributed by atoms with E-state index in [1.807, 2.05) is 30.3 Å². The van der Waals surface area contributed by atoms with E-state index in [9.17, 15) is 44.7 Å². The smallest absolute Gasteiger partial charge is 0.335 e. The van der Waals surface area contributed by atoms with Gasteiger partial charge in [-0.05, 0) is 50.5 Å². The first-order chi connectivity index (χ1) is 19.0. The molecule has 6 N–H and O–H groups in total. The minimum atomic E-state index is -1.94. The van der Waals surface area contributed by atoms with Crippen LogP contribution in [-0.4, -0.2) is 109 Å². The number of hydrogen-bond donors (Lipinski definition) is 6. The van der Waals surface area contributed by atoms with Crippen molar-refractivity contribution in [2.24, 2.45) is 5.92 Å². The summed E-state index contributed by atoms with van der Waals surface area (Å²) in [7, 11) is 0. The molecule has 2 aliphatic heterocycles. The number of carbonyl (C=O) groups excluding carboxylic acids is 2. The molecule has 10 unspecified atom stereocenters.